The van der Waals surface area contributed by atoms with E-state index in [0.717, 1.165) is 0 Å². The van der Waals surface area contributed by atoms with E-state index < -0.39 is 10.0 Å². The molecule has 0 spiro atoms. The first-order chi connectivity index (χ1) is 9.34. The molecule has 0 aliphatic carbocycles. The van der Waals surface area contributed by atoms with E-state index in [-0.39, 0.29) is 11.7 Å². The Bertz CT molecular complexity index is 691. The zero-order valence-corrected chi connectivity index (χ0v) is 12.1. The third-order valence-electron chi connectivity index (χ3n) is 2.57. The Labute approximate surface area is 118 Å². The molecule has 0 amide bonds. The molecule has 1 heterocycles. The predicted octanol–water partition coefficient (Wildman–Crippen LogP) is 1.62. The van der Waals surface area contributed by atoms with Gasteiger partial charge in [-0.2, -0.15) is 0 Å². The molecule has 0 radical (unpaired) electrons. The summed E-state index contributed by atoms with van der Waals surface area (Å²) in [7, 11) is -3.55. The molecular formula is C13H16N4O2S. The molecule has 3 N–H and O–H groups in total. The highest BCUT2D eigenvalue weighted by molar-refractivity contribution is 7.91. The second kappa shape index (κ2) is 5.46. The van der Waals surface area contributed by atoms with Crippen LogP contribution in [-0.2, 0) is 15.8 Å². The summed E-state index contributed by atoms with van der Waals surface area (Å²) in [4.78, 5) is 8.11. The Morgan fingerprint density at radius 3 is 2.20 bits per heavy atom. The van der Waals surface area contributed by atoms with Crippen LogP contribution in [0.25, 0.3) is 0 Å². The van der Waals surface area contributed by atoms with E-state index in [1.54, 1.807) is 44.2 Å². The second-order valence-corrected chi connectivity index (χ2v) is 6.30. The number of aryl methyl sites for hydroxylation is 2. The molecule has 0 bridgehead atoms. The largest absolute Gasteiger partial charge is 0.399 e. The van der Waals surface area contributed by atoms with Gasteiger partial charge >= 0.3 is 0 Å². The molecule has 106 valence electrons. The van der Waals surface area contributed by atoms with Gasteiger partial charge in [-0.3, -0.25) is 4.72 Å². The smallest absolute Gasteiger partial charge is 0.239 e. The topological polar surface area (TPSA) is 98.0 Å². The molecule has 20 heavy (non-hydrogen) atoms. The molecule has 0 saturated carbocycles. The van der Waals surface area contributed by atoms with Crippen molar-refractivity contribution in [2.45, 2.75) is 19.6 Å². The maximum absolute atomic E-state index is 12.1. The summed E-state index contributed by atoms with van der Waals surface area (Å²) >= 11 is 0. The normalized spacial score (nSPS) is 11.3. The molecule has 6 nitrogen and oxygen atoms in total. The molecule has 1 aromatic heterocycles. The van der Waals surface area contributed by atoms with E-state index >= 15 is 0 Å². The average molecular weight is 292 g/mol. The Morgan fingerprint density at radius 1 is 1.10 bits per heavy atom. The van der Waals surface area contributed by atoms with Crippen LogP contribution in [-0.4, -0.2) is 18.4 Å². The van der Waals surface area contributed by atoms with Gasteiger partial charge in [0.05, 0.1) is 5.75 Å². The van der Waals surface area contributed by atoms with Crippen molar-refractivity contribution in [2.24, 2.45) is 0 Å². The Kier molecular flexibility index (Phi) is 3.89. The summed E-state index contributed by atoms with van der Waals surface area (Å²) in [5.74, 6) is -0.0539. The lowest BCUT2D eigenvalue weighted by Gasteiger charge is -2.08. The van der Waals surface area contributed by atoms with Crippen LogP contribution in [0.1, 0.15) is 17.0 Å². The van der Waals surface area contributed by atoms with E-state index in [1.165, 1.54) is 0 Å². The van der Waals surface area contributed by atoms with Crippen LogP contribution < -0.4 is 10.5 Å². The Balaban J connectivity index is 2.16. The lowest BCUT2D eigenvalue weighted by atomic mass is 10.2. The maximum Gasteiger partial charge on any atom is 0.239 e. The molecule has 0 fully saturated rings. The van der Waals surface area contributed by atoms with Crippen molar-refractivity contribution in [1.29, 1.82) is 0 Å². The standard InChI is InChI=1S/C13H16N4O2S/c1-9-7-10(2)16-13(15-9)17-20(18,19)8-11-3-5-12(14)6-4-11/h3-7H,8,14H2,1-2H3,(H,15,16,17). The minimum Gasteiger partial charge on any atom is -0.399 e. The second-order valence-electron chi connectivity index (χ2n) is 4.58. The predicted molar refractivity (Wildman–Crippen MR) is 78.6 cm³/mol. The summed E-state index contributed by atoms with van der Waals surface area (Å²) in [5, 5.41) is 0. The van der Waals surface area contributed by atoms with Crippen molar-refractivity contribution in [3.63, 3.8) is 0 Å². The Hall–Kier alpha value is -2.15. The van der Waals surface area contributed by atoms with Gasteiger partial charge in [-0.25, -0.2) is 18.4 Å². The van der Waals surface area contributed by atoms with Crippen LogP contribution >= 0.6 is 0 Å². The summed E-state index contributed by atoms with van der Waals surface area (Å²) < 4.78 is 26.5. The summed E-state index contributed by atoms with van der Waals surface area (Å²) in [6.07, 6.45) is 0. The molecule has 0 aliphatic rings. The van der Waals surface area contributed by atoms with Crippen molar-refractivity contribution in [3.8, 4) is 0 Å². The SMILES string of the molecule is Cc1cc(C)nc(NS(=O)(=O)Cc2ccc(N)cc2)n1. The number of nitrogens with two attached hydrogens (primary N) is 1. The van der Waals surface area contributed by atoms with Crippen molar-refractivity contribution < 1.29 is 8.42 Å². The minimum absolute atomic E-state index is 0.0953. The van der Waals surface area contributed by atoms with Crippen molar-refractivity contribution in [2.75, 3.05) is 10.5 Å². The molecule has 7 heteroatoms. The first kappa shape index (κ1) is 14.3. The van der Waals surface area contributed by atoms with E-state index in [9.17, 15) is 8.42 Å². The van der Waals surface area contributed by atoms with Gasteiger partial charge in [0.1, 0.15) is 0 Å². The fourth-order valence-corrected chi connectivity index (χ4v) is 2.85. The van der Waals surface area contributed by atoms with Crippen LogP contribution in [0.5, 0.6) is 0 Å². The number of nitrogens with one attached hydrogen (secondary N) is 1. The van der Waals surface area contributed by atoms with E-state index in [1.807, 2.05) is 0 Å². The molecule has 0 aliphatic heterocycles. The van der Waals surface area contributed by atoms with Crippen LogP contribution in [0, 0.1) is 13.8 Å². The molecule has 2 aromatic rings. The number of anilines is 2. The summed E-state index contributed by atoms with van der Waals surface area (Å²) in [6.45, 7) is 3.57. The lowest BCUT2D eigenvalue weighted by Crippen LogP contribution is -2.17. The number of sulfonamides is 1. The van der Waals surface area contributed by atoms with Crippen LogP contribution in [0.4, 0.5) is 11.6 Å². The van der Waals surface area contributed by atoms with E-state index in [4.69, 9.17) is 5.73 Å². The number of nitrogen functional groups attached to an aromatic ring is 1. The lowest BCUT2D eigenvalue weighted by molar-refractivity contribution is 0.600. The van der Waals surface area contributed by atoms with Gasteiger partial charge in [0.2, 0.25) is 16.0 Å². The molecule has 0 atom stereocenters. The maximum atomic E-state index is 12.1. The average Bonchev–Trinajstić information content (AvgIpc) is 2.29. The van der Waals surface area contributed by atoms with Gasteiger partial charge in [0.25, 0.3) is 0 Å². The fraction of sp³-hybridized carbons (Fsp3) is 0.231. The third-order valence-corrected chi connectivity index (χ3v) is 3.77. The van der Waals surface area contributed by atoms with Gasteiger partial charge in [-0.1, -0.05) is 12.1 Å². The monoisotopic (exact) mass is 292 g/mol. The highest BCUT2D eigenvalue weighted by Crippen LogP contribution is 2.12. The number of rotatable bonds is 4. The third kappa shape index (κ3) is 3.92. The first-order valence-corrected chi connectivity index (χ1v) is 7.66. The molecular weight excluding hydrogens is 276 g/mol. The van der Waals surface area contributed by atoms with Gasteiger partial charge in [0, 0.05) is 17.1 Å². The zero-order chi connectivity index (χ0) is 14.8. The minimum atomic E-state index is -3.55. The molecule has 1 aromatic carbocycles. The number of benzene rings is 1. The van der Waals surface area contributed by atoms with E-state index in [2.05, 4.69) is 14.7 Å². The quantitative estimate of drug-likeness (QED) is 0.834. The molecule has 0 saturated heterocycles. The van der Waals surface area contributed by atoms with Crippen LogP contribution in [0.3, 0.4) is 0 Å². The van der Waals surface area contributed by atoms with Crippen LogP contribution in [0.2, 0.25) is 0 Å². The summed E-state index contributed by atoms with van der Waals surface area (Å²) in [6, 6.07) is 8.46. The van der Waals surface area contributed by atoms with Gasteiger partial charge < -0.3 is 5.73 Å². The zero-order valence-electron chi connectivity index (χ0n) is 11.3. The van der Waals surface area contributed by atoms with Gasteiger partial charge in [-0.05, 0) is 37.6 Å². The highest BCUT2D eigenvalue weighted by atomic mass is 32.2. The van der Waals surface area contributed by atoms with Crippen LogP contribution in [0.15, 0.2) is 30.3 Å². The molecule has 2 rings (SSSR count). The number of nitrogens with zero attached hydrogens (tertiary/aromatic N) is 2. The highest BCUT2D eigenvalue weighted by Gasteiger charge is 2.13. The number of hydrogen-bond donors (Lipinski definition) is 2. The van der Waals surface area contributed by atoms with Crippen molar-refractivity contribution in [3.05, 3.63) is 47.3 Å². The number of hydrogen-bond acceptors (Lipinski definition) is 5. The molecule has 0 unspecified atom stereocenters. The van der Waals surface area contributed by atoms with E-state index in [0.29, 0.717) is 22.6 Å². The van der Waals surface area contributed by atoms with Crippen molar-refractivity contribution >= 4 is 21.7 Å². The number of aromatic nitrogens is 2. The van der Waals surface area contributed by atoms with Crippen molar-refractivity contribution in [1.82, 2.24) is 9.97 Å². The Morgan fingerprint density at radius 2 is 1.65 bits per heavy atom. The van der Waals surface area contributed by atoms with Gasteiger partial charge in [-0.15, -0.1) is 0 Å². The fourth-order valence-electron chi connectivity index (χ4n) is 1.78. The van der Waals surface area contributed by atoms with Gasteiger partial charge in [0.15, 0.2) is 0 Å². The first-order valence-electron chi connectivity index (χ1n) is 6.01. The summed E-state index contributed by atoms with van der Waals surface area (Å²) in [5.41, 5.74) is 8.23.